The van der Waals surface area contributed by atoms with E-state index in [2.05, 4.69) is 46.2 Å². The maximum absolute atomic E-state index is 12.7. The Hall–Kier alpha value is -1.44. The number of nitrogens with one attached hydrogen (secondary N) is 2. The third-order valence-corrected chi connectivity index (χ3v) is 5.61. The van der Waals surface area contributed by atoms with Gasteiger partial charge in [-0.2, -0.15) is 5.10 Å². The molecule has 7 nitrogen and oxygen atoms in total. The lowest BCUT2D eigenvalue weighted by Gasteiger charge is -2.45. The molecule has 1 aromatic heterocycles. The fourth-order valence-electron chi connectivity index (χ4n) is 3.78. The number of H-pyrrole nitrogens is 1. The minimum absolute atomic E-state index is 0.0905. The summed E-state index contributed by atoms with van der Waals surface area (Å²) in [6.07, 6.45) is 3.28. The second-order valence-electron chi connectivity index (χ2n) is 7.85. The van der Waals surface area contributed by atoms with Crippen molar-refractivity contribution in [1.29, 1.82) is 0 Å². The van der Waals surface area contributed by atoms with Crippen molar-refractivity contribution in [3.63, 3.8) is 0 Å². The number of hydrogen-bond acceptors (Lipinski definition) is 5. The van der Waals surface area contributed by atoms with Gasteiger partial charge in [-0.05, 0) is 39.8 Å². The van der Waals surface area contributed by atoms with Gasteiger partial charge < -0.3 is 10.1 Å². The molecule has 1 amide bonds. The van der Waals surface area contributed by atoms with E-state index in [4.69, 9.17) is 4.74 Å². The Morgan fingerprint density at radius 2 is 2.32 bits per heavy atom. The lowest BCUT2D eigenvalue weighted by atomic mass is 9.91. The summed E-state index contributed by atoms with van der Waals surface area (Å²) in [5.74, 6) is -0.0502. The van der Waals surface area contributed by atoms with Gasteiger partial charge in [0.05, 0.1) is 11.6 Å². The maximum Gasteiger partial charge on any atom is 0.226 e. The van der Waals surface area contributed by atoms with Gasteiger partial charge in [0.15, 0.2) is 0 Å². The van der Waals surface area contributed by atoms with E-state index in [0.717, 1.165) is 44.7 Å². The average Bonchev–Trinajstić information content (AvgIpc) is 3.12. The van der Waals surface area contributed by atoms with Crippen LogP contribution in [0.15, 0.2) is 12.3 Å². The summed E-state index contributed by atoms with van der Waals surface area (Å²) in [6.45, 7) is 9.97. The van der Waals surface area contributed by atoms with Crippen molar-refractivity contribution in [3.8, 4) is 0 Å². The quantitative estimate of drug-likeness (QED) is 0.830. The van der Waals surface area contributed by atoms with Crippen LogP contribution in [0.4, 0.5) is 0 Å². The van der Waals surface area contributed by atoms with Gasteiger partial charge in [0.1, 0.15) is 6.10 Å². The summed E-state index contributed by atoms with van der Waals surface area (Å²) in [5, 5.41) is 10.1. The molecule has 0 unspecified atom stereocenters. The van der Waals surface area contributed by atoms with Crippen LogP contribution >= 0.6 is 0 Å². The Labute approximate surface area is 150 Å². The summed E-state index contributed by atoms with van der Waals surface area (Å²) in [6, 6.07) is 1.89. The van der Waals surface area contributed by atoms with Crippen molar-refractivity contribution in [2.45, 2.75) is 38.3 Å². The average molecular weight is 349 g/mol. The first kappa shape index (κ1) is 18.4. The topological polar surface area (TPSA) is 73.5 Å². The van der Waals surface area contributed by atoms with Crippen molar-refractivity contribution >= 4 is 5.91 Å². The Morgan fingerprint density at radius 3 is 3.04 bits per heavy atom. The number of ether oxygens (including phenoxy) is 1. The Kier molecular flexibility index (Phi) is 5.76. The van der Waals surface area contributed by atoms with Gasteiger partial charge in [0, 0.05) is 51.1 Å². The number of hydrogen-bond donors (Lipinski definition) is 2. The Balaban J connectivity index is 1.48. The van der Waals surface area contributed by atoms with Crippen LogP contribution in [0, 0.1) is 5.92 Å². The Bertz CT molecular complexity index is 560. The van der Waals surface area contributed by atoms with E-state index in [9.17, 15) is 4.79 Å². The first-order valence-electron chi connectivity index (χ1n) is 9.29. The number of aromatic nitrogens is 2. The van der Waals surface area contributed by atoms with Gasteiger partial charge in [-0.1, -0.05) is 0 Å². The summed E-state index contributed by atoms with van der Waals surface area (Å²) in [4.78, 5) is 17.5. The van der Waals surface area contributed by atoms with Crippen molar-refractivity contribution < 1.29 is 9.53 Å². The fraction of sp³-hybridized carbons (Fsp3) is 0.778. The van der Waals surface area contributed by atoms with Crippen molar-refractivity contribution in [2.75, 3.05) is 46.4 Å². The smallest absolute Gasteiger partial charge is 0.226 e. The van der Waals surface area contributed by atoms with Crippen LogP contribution in [0.25, 0.3) is 0 Å². The molecule has 0 bridgehead atoms. The van der Waals surface area contributed by atoms with Gasteiger partial charge >= 0.3 is 0 Å². The van der Waals surface area contributed by atoms with Gasteiger partial charge in [-0.25, -0.2) is 0 Å². The molecule has 0 radical (unpaired) electrons. The minimum Gasteiger partial charge on any atom is -0.371 e. The third-order valence-electron chi connectivity index (χ3n) is 5.61. The number of rotatable bonds is 5. The van der Waals surface area contributed by atoms with E-state index in [1.807, 2.05) is 6.07 Å². The molecule has 0 aliphatic carbocycles. The zero-order valence-corrected chi connectivity index (χ0v) is 15.6. The number of carbonyl (C=O) groups excluding carboxylic acids is 1. The molecule has 7 heteroatoms. The van der Waals surface area contributed by atoms with Crippen LogP contribution in [0.3, 0.4) is 0 Å². The second kappa shape index (κ2) is 7.85. The van der Waals surface area contributed by atoms with Crippen LogP contribution in [-0.4, -0.2) is 77.8 Å². The highest BCUT2D eigenvalue weighted by Crippen LogP contribution is 2.32. The van der Waals surface area contributed by atoms with Crippen LogP contribution in [0.2, 0.25) is 0 Å². The van der Waals surface area contributed by atoms with E-state index in [1.165, 1.54) is 0 Å². The van der Waals surface area contributed by atoms with Crippen LogP contribution in [-0.2, 0) is 9.53 Å². The van der Waals surface area contributed by atoms with Crippen LogP contribution in [0.1, 0.15) is 38.5 Å². The highest BCUT2D eigenvalue weighted by molar-refractivity contribution is 5.79. The van der Waals surface area contributed by atoms with Crippen molar-refractivity contribution in [2.24, 2.45) is 5.92 Å². The van der Waals surface area contributed by atoms with Crippen LogP contribution in [0.5, 0.6) is 0 Å². The molecule has 25 heavy (non-hydrogen) atoms. The molecule has 3 rings (SSSR count). The van der Waals surface area contributed by atoms with E-state index in [-0.39, 0.29) is 23.5 Å². The summed E-state index contributed by atoms with van der Waals surface area (Å²) in [5.41, 5.74) is 1.08. The molecule has 0 spiro atoms. The molecule has 1 aromatic rings. The number of likely N-dealkylation sites (N-methyl/N-ethyl adjacent to an activating group) is 1. The monoisotopic (exact) mass is 349 g/mol. The molecule has 3 heterocycles. The largest absolute Gasteiger partial charge is 0.371 e. The molecule has 2 aliphatic rings. The number of amides is 1. The lowest BCUT2D eigenvalue weighted by Crippen LogP contribution is -2.58. The number of nitrogens with zero attached hydrogens (tertiary/aromatic N) is 3. The molecule has 0 aromatic carbocycles. The van der Waals surface area contributed by atoms with Crippen molar-refractivity contribution in [3.05, 3.63) is 18.0 Å². The van der Waals surface area contributed by atoms with Crippen LogP contribution < -0.4 is 5.32 Å². The minimum atomic E-state index is -0.209. The van der Waals surface area contributed by atoms with E-state index >= 15 is 0 Å². The SMILES string of the molecule is CN1CCN(CCNC(=O)[C@@H]2CCCO[C@H]2c2ccn[nH]2)CC1(C)C. The highest BCUT2D eigenvalue weighted by atomic mass is 16.5. The first-order valence-corrected chi connectivity index (χ1v) is 9.29. The maximum atomic E-state index is 12.7. The predicted molar refractivity (Wildman–Crippen MR) is 96.2 cm³/mol. The van der Waals surface area contributed by atoms with Gasteiger partial charge in [0.25, 0.3) is 0 Å². The number of aromatic amines is 1. The first-order chi connectivity index (χ1) is 12.0. The summed E-state index contributed by atoms with van der Waals surface area (Å²) >= 11 is 0. The third kappa shape index (κ3) is 4.40. The van der Waals surface area contributed by atoms with Gasteiger partial charge in [0.2, 0.25) is 5.91 Å². The molecule has 2 atom stereocenters. The standard InChI is InChI=1S/C18H31N5O2/c1-18(2)13-23(11-10-22(18)3)9-8-19-17(24)14-5-4-12-25-16(14)15-6-7-20-21-15/h6-7,14,16H,4-5,8-13H2,1-3H3,(H,19,24)(H,20,21)/t14-,16-/m1/s1. The van der Waals surface area contributed by atoms with E-state index < -0.39 is 0 Å². The Morgan fingerprint density at radius 1 is 1.48 bits per heavy atom. The summed E-state index contributed by atoms with van der Waals surface area (Å²) in [7, 11) is 2.18. The lowest BCUT2D eigenvalue weighted by molar-refractivity contribution is -0.135. The zero-order chi connectivity index (χ0) is 17.9. The molecule has 2 saturated heterocycles. The zero-order valence-electron chi connectivity index (χ0n) is 15.6. The van der Waals surface area contributed by atoms with E-state index in [1.54, 1.807) is 6.20 Å². The number of carbonyl (C=O) groups is 1. The predicted octanol–water partition coefficient (Wildman–Crippen LogP) is 1.02. The normalized spacial score (nSPS) is 28.0. The highest BCUT2D eigenvalue weighted by Gasteiger charge is 2.34. The fourth-order valence-corrected chi connectivity index (χ4v) is 3.78. The second-order valence-corrected chi connectivity index (χ2v) is 7.85. The molecule has 0 saturated carbocycles. The van der Waals surface area contributed by atoms with E-state index in [0.29, 0.717) is 13.2 Å². The molecule has 2 fully saturated rings. The van der Waals surface area contributed by atoms with Crippen molar-refractivity contribution in [1.82, 2.24) is 25.3 Å². The molecular formula is C18H31N5O2. The summed E-state index contributed by atoms with van der Waals surface area (Å²) < 4.78 is 5.84. The molecule has 2 aliphatic heterocycles. The molecule has 2 N–H and O–H groups in total. The molecular weight excluding hydrogens is 318 g/mol. The number of piperazine rings is 1. The van der Waals surface area contributed by atoms with Gasteiger partial charge in [-0.15, -0.1) is 0 Å². The molecule has 140 valence electrons. The van der Waals surface area contributed by atoms with Gasteiger partial charge in [-0.3, -0.25) is 19.7 Å².